The highest BCUT2D eigenvalue weighted by atomic mass is 35.5. The maximum atomic E-state index is 12.6. The highest BCUT2D eigenvalue weighted by Gasteiger charge is 2.15. The van der Waals surface area contributed by atoms with Crippen LogP contribution in [0.25, 0.3) is 0 Å². The molecule has 0 saturated carbocycles. The molecule has 0 fully saturated rings. The Labute approximate surface area is 179 Å². The van der Waals surface area contributed by atoms with Crippen LogP contribution in [-0.2, 0) is 13.2 Å². The number of carbonyl (C=O) groups is 1. The quantitative estimate of drug-likeness (QED) is 0.264. The fourth-order valence-electron chi connectivity index (χ4n) is 2.65. The third-order valence-corrected chi connectivity index (χ3v) is 5.67. The van der Waals surface area contributed by atoms with E-state index in [4.69, 9.17) is 16.3 Å². The van der Waals surface area contributed by atoms with Gasteiger partial charge in [0.2, 0.25) is 0 Å². The number of benzene rings is 2. The van der Waals surface area contributed by atoms with Gasteiger partial charge in [0.25, 0.3) is 0 Å². The van der Waals surface area contributed by atoms with Crippen LogP contribution >= 0.6 is 23.4 Å². The van der Waals surface area contributed by atoms with E-state index in [0.717, 1.165) is 5.56 Å². The van der Waals surface area contributed by atoms with Crippen molar-refractivity contribution in [2.45, 2.75) is 32.2 Å². The fourth-order valence-corrected chi connectivity index (χ4v) is 3.64. The lowest BCUT2D eigenvalue weighted by Crippen LogP contribution is -2.09. The molecule has 0 radical (unpaired) electrons. The van der Waals surface area contributed by atoms with Crippen LogP contribution in [-0.4, -0.2) is 26.3 Å². The third-order valence-electron chi connectivity index (χ3n) is 4.45. The molecule has 0 aliphatic carbocycles. The summed E-state index contributed by atoms with van der Waals surface area (Å²) < 4.78 is 7.68. The summed E-state index contributed by atoms with van der Waals surface area (Å²) in [4.78, 5) is 12.6. The van der Waals surface area contributed by atoms with Crippen molar-refractivity contribution in [3.63, 3.8) is 0 Å². The van der Waals surface area contributed by atoms with Crippen molar-refractivity contribution < 1.29 is 9.53 Å². The van der Waals surface area contributed by atoms with Gasteiger partial charge < -0.3 is 4.74 Å². The minimum atomic E-state index is 0.0604. The van der Waals surface area contributed by atoms with E-state index in [9.17, 15) is 4.79 Å². The largest absolute Gasteiger partial charge is 0.486 e. The Morgan fingerprint density at radius 2 is 1.93 bits per heavy atom. The lowest BCUT2D eigenvalue weighted by molar-refractivity contribution is 0.102. The molecule has 3 aromatic rings. The number of halogens is 1. The van der Waals surface area contributed by atoms with Gasteiger partial charge in [-0.3, -0.25) is 9.36 Å². The van der Waals surface area contributed by atoms with Gasteiger partial charge in [0.05, 0.1) is 5.75 Å². The van der Waals surface area contributed by atoms with Crippen molar-refractivity contribution >= 4 is 29.1 Å². The van der Waals surface area contributed by atoms with Gasteiger partial charge in [-0.05, 0) is 55.3 Å². The van der Waals surface area contributed by atoms with Gasteiger partial charge in [-0.2, -0.15) is 0 Å². The molecule has 1 aromatic heterocycles. The monoisotopic (exact) mass is 427 g/mol. The molecule has 0 N–H and O–H groups in total. The lowest BCUT2D eigenvalue weighted by Gasteiger charge is -2.09. The van der Waals surface area contributed by atoms with E-state index < -0.39 is 0 Å². The SMILES string of the molecule is C=CCn1c(COc2ccc(Cl)cc2)nnc1SCC(=O)c1ccc(C)c(C)c1. The number of allylic oxidation sites excluding steroid dienone is 1. The summed E-state index contributed by atoms with van der Waals surface area (Å²) in [5.41, 5.74) is 2.99. The van der Waals surface area contributed by atoms with Crippen molar-refractivity contribution in [1.29, 1.82) is 0 Å². The van der Waals surface area contributed by atoms with E-state index in [1.54, 1.807) is 30.3 Å². The van der Waals surface area contributed by atoms with Crippen LogP contribution in [0.1, 0.15) is 27.3 Å². The molecular weight excluding hydrogens is 406 g/mol. The highest BCUT2D eigenvalue weighted by Crippen LogP contribution is 2.21. The van der Waals surface area contributed by atoms with Crippen molar-refractivity contribution in [1.82, 2.24) is 14.8 Å². The standard InChI is InChI=1S/C22H22ClN3O2S/c1-4-11-26-21(13-28-19-9-7-18(23)8-10-19)24-25-22(26)29-14-20(27)17-6-5-15(2)16(3)12-17/h4-10,12H,1,11,13-14H2,2-3H3. The Kier molecular flexibility index (Phi) is 7.12. The highest BCUT2D eigenvalue weighted by molar-refractivity contribution is 7.99. The molecule has 0 saturated heterocycles. The third kappa shape index (κ3) is 5.49. The van der Waals surface area contributed by atoms with Gasteiger partial charge in [0.15, 0.2) is 16.8 Å². The number of ketones is 1. The lowest BCUT2D eigenvalue weighted by atomic mass is 10.0. The Morgan fingerprint density at radius 1 is 1.17 bits per heavy atom. The Balaban J connectivity index is 1.67. The Bertz CT molecular complexity index is 1020. The average molecular weight is 428 g/mol. The van der Waals surface area contributed by atoms with E-state index in [1.165, 1.54) is 17.3 Å². The van der Waals surface area contributed by atoms with E-state index in [0.29, 0.717) is 33.9 Å². The van der Waals surface area contributed by atoms with Crippen LogP contribution in [0, 0.1) is 13.8 Å². The predicted molar refractivity (Wildman–Crippen MR) is 117 cm³/mol. The topological polar surface area (TPSA) is 57.0 Å². The molecule has 1 heterocycles. The van der Waals surface area contributed by atoms with Gasteiger partial charge >= 0.3 is 0 Å². The van der Waals surface area contributed by atoms with Crippen molar-refractivity contribution in [3.05, 3.63) is 82.7 Å². The number of hydrogen-bond acceptors (Lipinski definition) is 5. The zero-order chi connectivity index (χ0) is 20.8. The number of rotatable bonds is 9. The molecule has 0 atom stereocenters. The second-order valence-electron chi connectivity index (χ2n) is 6.55. The van der Waals surface area contributed by atoms with E-state index in [1.807, 2.05) is 36.6 Å². The normalized spacial score (nSPS) is 10.7. The summed E-state index contributed by atoms with van der Waals surface area (Å²) in [5.74, 6) is 1.71. The Morgan fingerprint density at radius 3 is 2.62 bits per heavy atom. The molecule has 150 valence electrons. The van der Waals surface area contributed by atoms with E-state index in [2.05, 4.69) is 16.8 Å². The Hall–Kier alpha value is -2.57. The first-order valence-electron chi connectivity index (χ1n) is 9.12. The number of Topliss-reactive ketones (excluding diaryl/α,β-unsaturated/α-hetero) is 1. The maximum absolute atomic E-state index is 12.6. The number of ether oxygens (including phenoxy) is 1. The predicted octanol–water partition coefficient (Wildman–Crippen LogP) is 5.29. The number of aryl methyl sites for hydroxylation is 2. The van der Waals surface area contributed by atoms with Crippen molar-refractivity contribution in [2.24, 2.45) is 0 Å². The average Bonchev–Trinajstić information content (AvgIpc) is 3.10. The summed E-state index contributed by atoms with van der Waals surface area (Å²) in [6.45, 7) is 8.63. The van der Waals surface area contributed by atoms with Gasteiger partial charge in [-0.1, -0.05) is 41.6 Å². The maximum Gasteiger partial charge on any atom is 0.192 e. The van der Waals surface area contributed by atoms with Gasteiger partial charge in [-0.25, -0.2) is 0 Å². The minimum Gasteiger partial charge on any atom is -0.486 e. The molecular formula is C22H22ClN3O2S. The van der Waals surface area contributed by atoms with Gasteiger partial charge in [0.1, 0.15) is 12.4 Å². The second kappa shape index (κ2) is 9.76. The van der Waals surface area contributed by atoms with Crippen molar-refractivity contribution in [3.8, 4) is 5.75 Å². The first kappa shape index (κ1) is 21.1. The number of thioether (sulfide) groups is 1. The number of aromatic nitrogens is 3. The molecule has 0 aliphatic heterocycles. The van der Waals surface area contributed by atoms with Crippen LogP contribution in [0.5, 0.6) is 5.75 Å². The van der Waals surface area contributed by atoms with Crippen LogP contribution in [0.2, 0.25) is 5.02 Å². The van der Waals surface area contributed by atoms with E-state index in [-0.39, 0.29) is 18.1 Å². The molecule has 0 amide bonds. The zero-order valence-corrected chi connectivity index (χ0v) is 18.0. The molecule has 0 aliphatic rings. The van der Waals surface area contributed by atoms with Crippen LogP contribution < -0.4 is 4.74 Å². The molecule has 2 aromatic carbocycles. The summed E-state index contributed by atoms with van der Waals surface area (Å²) in [5, 5.41) is 9.77. The smallest absolute Gasteiger partial charge is 0.192 e. The molecule has 7 heteroatoms. The molecule has 0 unspecified atom stereocenters. The number of carbonyl (C=O) groups excluding carboxylic acids is 1. The first-order valence-corrected chi connectivity index (χ1v) is 10.5. The number of nitrogens with zero attached hydrogens (tertiary/aromatic N) is 3. The summed E-state index contributed by atoms with van der Waals surface area (Å²) in [6, 6.07) is 12.9. The molecule has 5 nitrogen and oxygen atoms in total. The van der Waals surface area contributed by atoms with Crippen molar-refractivity contribution in [2.75, 3.05) is 5.75 Å². The molecule has 29 heavy (non-hydrogen) atoms. The van der Waals surface area contributed by atoms with Crippen LogP contribution in [0.3, 0.4) is 0 Å². The molecule has 0 spiro atoms. The fraction of sp³-hybridized carbons (Fsp3) is 0.227. The summed E-state index contributed by atoms with van der Waals surface area (Å²) >= 11 is 7.26. The summed E-state index contributed by atoms with van der Waals surface area (Å²) in [6.07, 6.45) is 1.77. The van der Waals surface area contributed by atoms with Crippen LogP contribution in [0.15, 0.2) is 60.3 Å². The minimum absolute atomic E-state index is 0.0604. The van der Waals surface area contributed by atoms with Crippen LogP contribution in [0.4, 0.5) is 0 Å². The van der Waals surface area contributed by atoms with Gasteiger partial charge in [-0.15, -0.1) is 16.8 Å². The molecule has 0 bridgehead atoms. The van der Waals surface area contributed by atoms with Gasteiger partial charge in [0, 0.05) is 17.1 Å². The molecule has 3 rings (SSSR count). The summed E-state index contributed by atoms with van der Waals surface area (Å²) in [7, 11) is 0. The first-order chi connectivity index (χ1) is 14.0. The number of hydrogen-bond donors (Lipinski definition) is 0. The van der Waals surface area contributed by atoms with E-state index >= 15 is 0 Å². The zero-order valence-electron chi connectivity index (χ0n) is 16.4. The second-order valence-corrected chi connectivity index (χ2v) is 7.93.